The molecule has 4 nitrogen and oxygen atoms in total. The minimum atomic E-state index is -0.873. The molecule has 0 bridgehead atoms. The summed E-state index contributed by atoms with van der Waals surface area (Å²) in [6.45, 7) is 1.74. The Morgan fingerprint density at radius 2 is 2.06 bits per heavy atom. The molecular weight excluding hydrogens is 232 g/mol. The number of rotatable bonds is 3. The van der Waals surface area contributed by atoms with Crippen LogP contribution in [-0.2, 0) is 4.74 Å². The van der Waals surface area contributed by atoms with Crippen LogP contribution in [0.15, 0.2) is 30.3 Å². The zero-order valence-electron chi connectivity index (χ0n) is 10.5. The van der Waals surface area contributed by atoms with E-state index in [0.29, 0.717) is 0 Å². The molecule has 1 aliphatic rings. The fraction of sp³-hybridized carbons (Fsp3) is 0.429. The lowest BCUT2D eigenvalue weighted by atomic mass is 10.1. The first-order chi connectivity index (χ1) is 8.61. The van der Waals surface area contributed by atoms with Crippen molar-refractivity contribution in [1.82, 2.24) is 0 Å². The highest BCUT2D eigenvalue weighted by atomic mass is 16.5. The van der Waals surface area contributed by atoms with Gasteiger partial charge in [0.1, 0.15) is 24.1 Å². The second-order valence-electron chi connectivity index (χ2n) is 4.42. The fourth-order valence-electron chi connectivity index (χ4n) is 1.99. The minimum absolute atomic E-state index is 0.347. The Kier molecular flexibility index (Phi) is 4.01. The SMILES string of the molecule is COc1cccc(/C=C/[C@H]2O[C@@H](C)[C@@H](O)[C@H]2O)c1. The number of hydrogen-bond acceptors (Lipinski definition) is 4. The lowest BCUT2D eigenvalue weighted by Gasteiger charge is -2.10. The highest BCUT2D eigenvalue weighted by Crippen LogP contribution is 2.23. The molecule has 1 aliphatic heterocycles. The van der Waals surface area contributed by atoms with E-state index in [-0.39, 0.29) is 6.10 Å². The van der Waals surface area contributed by atoms with Crippen LogP contribution in [0.25, 0.3) is 6.08 Å². The third-order valence-corrected chi connectivity index (χ3v) is 3.11. The molecule has 4 atom stereocenters. The molecule has 1 heterocycles. The summed E-state index contributed by atoms with van der Waals surface area (Å²) in [6.07, 6.45) is 1.08. The van der Waals surface area contributed by atoms with Gasteiger partial charge in [0.25, 0.3) is 0 Å². The van der Waals surface area contributed by atoms with Crippen molar-refractivity contribution in [3.8, 4) is 5.75 Å². The Bertz CT molecular complexity index is 430. The van der Waals surface area contributed by atoms with Gasteiger partial charge in [0, 0.05) is 0 Å². The van der Waals surface area contributed by atoms with Gasteiger partial charge in [-0.2, -0.15) is 0 Å². The lowest BCUT2D eigenvalue weighted by molar-refractivity contribution is 0.0316. The average molecular weight is 250 g/mol. The number of benzene rings is 1. The highest BCUT2D eigenvalue weighted by molar-refractivity contribution is 5.52. The maximum Gasteiger partial charge on any atom is 0.119 e. The predicted molar refractivity (Wildman–Crippen MR) is 68.4 cm³/mol. The molecule has 1 saturated heterocycles. The van der Waals surface area contributed by atoms with Gasteiger partial charge in [-0.25, -0.2) is 0 Å². The number of aliphatic hydroxyl groups is 2. The van der Waals surface area contributed by atoms with Gasteiger partial charge < -0.3 is 19.7 Å². The van der Waals surface area contributed by atoms with Gasteiger partial charge in [-0.15, -0.1) is 0 Å². The predicted octanol–water partition coefficient (Wildman–Crippen LogP) is 1.22. The van der Waals surface area contributed by atoms with Gasteiger partial charge in [0.05, 0.1) is 13.2 Å². The van der Waals surface area contributed by atoms with E-state index in [0.717, 1.165) is 11.3 Å². The lowest BCUT2D eigenvalue weighted by Crippen LogP contribution is -2.30. The Morgan fingerprint density at radius 3 is 2.67 bits per heavy atom. The van der Waals surface area contributed by atoms with Crippen LogP contribution in [-0.4, -0.2) is 41.7 Å². The quantitative estimate of drug-likeness (QED) is 0.846. The second-order valence-corrected chi connectivity index (χ2v) is 4.42. The third-order valence-electron chi connectivity index (χ3n) is 3.11. The monoisotopic (exact) mass is 250 g/mol. The van der Waals surface area contributed by atoms with Crippen molar-refractivity contribution in [1.29, 1.82) is 0 Å². The van der Waals surface area contributed by atoms with Gasteiger partial charge in [-0.1, -0.05) is 24.3 Å². The van der Waals surface area contributed by atoms with E-state index in [9.17, 15) is 10.2 Å². The normalized spacial score (nSPS) is 32.0. The molecule has 0 aromatic heterocycles. The van der Waals surface area contributed by atoms with Gasteiger partial charge >= 0.3 is 0 Å². The molecule has 0 amide bonds. The van der Waals surface area contributed by atoms with Gasteiger partial charge in [-0.3, -0.25) is 0 Å². The summed E-state index contributed by atoms with van der Waals surface area (Å²) in [6, 6.07) is 7.57. The molecule has 1 fully saturated rings. The molecule has 0 aliphatic carbocycles. The van der Waals surface area contributed by atoms with E-state index >= 15 is 0 Å². The van der Waals surface area contributed by atoms with Crippen molar-refractivity contribution >= 4 is 6.08 Å². The molecular formula is C14H18O4. The maximum atomic E-state index is 9.76. The van der Waals surface area contributed by atoms with Crippen LogP contribution in [0, 0.1) is 0 Å². The molecule has 4 heteroatoms. The molecule has 1 aromatic carbocycles. The highest BCUT2D eigenvalue weighted by Gasteiger charge is 2.38. The van der Waals surface area contributed by atoms with Crippen molar-refractivity contribution in [3.05, 3.63) is 35.9 Å². The number of methoxy groups -OCH3 is 1. The van der Waals surface area contributed by atoms with Crippen LogP contribution < -0.4 is 4.74 Å². The summed E-state index contributed by atoms with van der Waals surface area (Å²) < 4.78 is 10.6. The van der Waals surface area contributed by atoms with Crippen molar-refractivity contribution in [3.63, 3.8) is 0 Å². The minimum Gasteiger partial charge on any atom is -0.497 e. The topological polar surface area (TPSA) is 58.9 Å². The van der Waals surface area contributed by atoms with E-state index in [1.165, 1.54) is 0 Å². The third kappa shape index (κ3) is 2.72. The van der Waals surface area contributed by atoms with E-state index < -0.39 is 18.3 Å². The largest absolute Gasteiger partial charge is 0.497 e. The van der Waals surface area contributed by atoms with Crippen molar-refractivity contribution < 1.29 is 19.7 Å². The Balaban J connectivity index is 2.07. The zero-order valence-corrected chi connectivity index (χ0v) is 10.5. The molecule has 0 unspecified atom stereocenters. The molecule has 2 N–H and O–H groups in total. The summed E-state index contributed by atoms with van der Waals surface area (Å²) in [5, 5.41) is 19.3. The summed E-state index contributed by atoms with van der Waals surface area (Å²) in [4.78, 5) is 0. The van der Waals surface area contributed by atoms with E-state index in [1.807, 2.05) is 30.3 Å². The summed E-state index contributed by atoms with van der Waals surface area (Å²) >= 11 is 0. The van der Waals surface area contributed by atoms with Crippen molar-refractivity contribution in [2.45, 2.75) is 31.3 Å². The van der Waals surface area contributed by atoms with Crippen LogP contribution >= 0.6 is 0 Å². The van der Waals surface area contributed by atoms with Crippen LogP contribution in [0.2, 0.25) is 0 Å². The molecule has 0 saturated carbocycles. The van der Waals surface area contributed by atoms with Gasteiger partial charge in [0.15, 0.2) is 0 Å². The summed E-state index contributed by atoms with van der Waals surface area (Å²) in [5.41, 5.74) is 0.958. The molecule has 0 spiro atoms. The standard InChI is InChI=1S/C14H18O4/c1-9-13(15)14(16)12(18-9)7-6-10-4-3-5-11(8-10)17-2/h3-9,12-16H,1-2H3/b7-6+/t9-,12+,13+,14-/m0/s1. The zero-order chi connectivity index (χ0) is 13.1. The first-order valence-electron chi connectivity index (χ1n) is 5.95. The summed E-state index contributed by atoms with van der Waals surface area (Å²) in [7, 11) is 1.62. The maximum absolute atomic E-state index is 9.76. The Hall–Kier alpha value is -1.36. The number of aliphatic hydroxyl groups excluding tert-OH is 2. The van der Waals surface area contributed by atoms with Crippen LogP contribution in [0.1, 0.15) is 12.5 Å². The first kappa shape index (κ1) is 13.1. The number of ether oxygens (including phenoxy) is 2. The van der Waals surface area contributed by atoms with E-state index in [2.05, 4.69) is 0 Å². The van der Waals surface area contributed by atoms with Gasteiger partial charge in [-0.05, 0) is 24.6 Å². The Morgan fingerprint density at radius 1 is 1.28 bits per heavy atom. The van der Waals surface area contributed by atoms with Crippen molar-refractivity contribution in [2.75, 3.05) is 7.11 Å². The van der Waals surface area contributed by atoms with Crippen molar-refractivity contribution in [2.24, 2.45) is 0 Å². The molecule has 2 rings (SSSR count). The molecule has 1 aromatic rings. The van der Waals surface area contributed by atoms with E-state index in [4.69, 9.17) is 9.47 Å². The van der Waals surface area contributed by atoms with Crippen LogP contribution in [0.5, 0.6) is 5.75 Å². The second kappa shape index (κ2) is 5.52. The Labute approximate surface area is 106 Å². The molecule has 0 radical (unpaired) electrons. The summed E-state index contributed by atoms with van der Waals surface area (Å²) in [5.74, 6) is 0.776. The fourth-order valence-corrected chi connectivity index (χ4v) is 1.99. The van der Waals surface area contributed by atoms with E-state index in [1.54, 1.807) is 20.1 Å². The van der Waals surface area contributed by atoms with Gasteiger partial charge in [0.2, 0.25) is 0 Å². The number of hydrogen-bond donors (Lipinski definition) is 2. The molecule has 18 heavy (non-hydrogen) atoms. The first-order valence-corrected chi connectivity index (χ1v) is 5.95. The average Bonchev–Trinajstić information content (AvgIpc) is 2.64. The van der Waals surface area contributed by atoms with Crippen LogP contribution in [0.4, 0.5) is 0 Å². The smallest absolute Gasteiger partial charge is 0.119 e. The molecule has 98 valence electrons. The van der Waals surface area contributed by atoms with Crippen LogP contribution in [0.3, 0.4) is 0 Å².